The average Bonchev–Trinajstić information content (AvgIpc) is 2.88. The molecule has 0 spiro atoms. The van der Waals surface area contributed by atoms with Crippen molar-refractivity contribution in [1.29, 1.82) is 0 Å². The minimum Gasteiger partial charge on any atom is -0.497 e. The smallest absolute Gasteiger partial charge is 0.322 e. The predicted octanol–water partition coefficient (Wildman–Crippen LogP) is 5.79. The number of carboxylic acid groups (broad SMARTS) is 1. The Balaban J connectivity index is 1.67. The molecule has 0 aliphatic rings. The molecule has 0 bridgehead atoms. The number of rotatable bonds is 13. The maximum absolute atomic E-state index is 13.4. The number of carbonyl (C=O) groups is 1. The summed E-state index contributed by atoms with van der Waals surface area (Å²) in [7, 11) is -2.49. The Labute approximate surface area is 218 Å². The molecular formula is C28H33NO5S2. The van der Waals surface area contributed by atoms with Crippen LogP contribution in [-0.4, -0.2) is 49.2 Å². The van der Waals surface area contributed by atoms with Crippen molar-refractivity contribution >= 4 is 27.8 Å². The van der Waals surface area contributed by atoms with Crippen LogP contribution in [0.5, 0.6) is 5.75 Å². The predicted molar refractivity (Wildman–Crippen MR) is 146 cm³/mol. The van der Waals surface area contributed by atoms with Gasteiger partial charge in [-0.25, -0.2) is 8.42 Å². The molecule has 0 amide bonds. The van der Waals surface area contributed by atoms with E-state index in [1.54, 1.807) is 23.9 Å². The minimum atomic E-state index is -4.00. The number of carboxylic acids is 1. The molecule has 6 nitrogen and oxygen atoms in total. The van der Waals surface area contributed by atoms with Gasteiger partial charge in [0.2, 0.25) is 10.0 Å². The van der Waals surface area contributed by atoms with Crippen molar-refractivity contribution in [2.75, 3.05) is 19.4 Å². The van der Waals surface area contributed by atoms with Gasteiger partial charge >= 0.3 is 5.97 Å². The first-order valence-electron chi connectivity index (χ1n) is 11.8. The fourth-order valence-corrected chi connectivity index (χ4v) is 6.57. The van der Waals surface area contributed by atoms with Crippen LogP contribution in [0.2, 0.25) is 0 Å². The van der Waals surface area contributed by atoms with Gasteiger partial charge in [0, 0.05) is 12.3 Å². The van der Waals surface area contributed by atoms with E-state index in [9.17, 15) is 18.3 Å². The second kappa shape index (κ2) is 12.9. The summed E-state index contributed by atoms with van der Waals surface area (Å²) in [5.74, 6) is 0.601. The van der Waals surface area contributed by atoms with Crippen molar-refractivity contribution < 1.29 is 23.1 Å². The molecule has 0 aliphatic carbocycles. The van der Waals surface area contributed by atoms with Crippen molar-refractivity contribution in [3.05, 3.63) is 84.4 Å². The number of sulfonamides is 1. The zero-order chi connectivity index (χ0) is 26.1. The molecule has 0 heterocycles. The van der Waals surface area contributed by atoms with Crippen LogP contribution in [0.4, 0.5) is 0 Å². The van der Waals surface area contributed by atoms with Gasteiger partial charge in [-0.1, -0.05) is 68.4 Å². The lowest BCUT2D eigenvalue weighted by molar-refractivity contribution is -0.141. The lowest BCUT2D eigenvalue weighted by Gasteiger charge is -2.29. The van der Waals surface area contributed by atoms with Gasteiger partial charge in [-0.05, 0) is 59.0 Å². The first kappa shape index (κ1) is 27.8. The van der Waals surface area contributed by atoms with Gasteiger partial charge in [-0.3, -0.25) is 4.79 Å². The molecule has 1 unspecified atom stereocenters. The number of thioether (sulfide) groups is 1. The molecule has 3 aromatic rings. The van der Waals surface area contributed by atoms with Crippen molar-refractivity contribution in [3.8, 4) is 16.9 Å². The number of benzene rings is 3. The third-order valence-electron chi connectivity index (χ3n) is 5.71. The van der Waals surface area contributed by atoms with Crippen molar-refractivity contribution in [3.63, 3.8) is 0 Å². The highest BCUT2D eigenvalue weighted by molar-refractivity contribution is 7.98. The molecule has 192 valence electrons. The van der Waals surface area contributed by atoms with E-state index < -0.39 is 22.0 Å². The summed E-state index contributed by atoms with van der Waals surface area (Å²) >= 11 is 1.60. The Morgan fingerprint density at radius 3 is 2.11 bits per heavy atom. The zero-order valence-corrected chi connectivity index (χ0v) is 22.5. The molecule has 0 radical (unpaired) electrons. The van der Waals surface area contributed by atoms with Crippen molar-refractivity contribution in [2.24, 2.45) is 5.92 Å². The molecule has 36 heavy (non-hydrogen) atoms. The van der Waals surface area contributed by atoms with E-state index in [4.69, 9.17) is 4.74 Å². The van der Waals surface area contributed by atoms with E-state index in [1.165, 1.54) is 19.2 Å². The number of nitrogens with zero attached hydrogens (tertiary/aromatic N) is 1. The van der Waals surface area contributed by atoms with Crippen LogP contribution in [0.25, 0.3) is 11.1 Å². The van der Waals surface area contributed by atoms with E-state index in [0.29, 0.717) is 11.5 Å². The maximum atomic E-state index is 13.4. The standard InChI is InChI=1S/C28H33NO5S2/c1-21(2)19-29(36(32,33)26-15-13-25(34-3)14-16-26)27(28(30)31)17-18-35-20-22-9-11-24(12-10-22)23-7-5-4-6-8-23/h4-16,21,27H,17-20H2,1-3H3,(H,30,31). The van der Waals surface area contributed by atoms with Gasteiger partial charge in [0.15, 0.2) is 0 Å². The molecule has 1 N–H and O–H groups in total. The van der Waals surface area contributed by atoms with Crippen LogP contribution in [0.15, 0.2) is 83.8 Å². The van der Waals surface area contributed by atoms with Crippen LogP contribution in [0, 0.1) is 5.92 Å². The van der Waals surface area contributed by atoms with Crippen LogP contribution < -0.4 is 4.74 Å². The van der Waals surface area contributed by atoms with Crippen LogP contribution in [0.1, 0.15) is 25.8 Å². The number of hydrogen-bond acceptors (Lipinski definition) is 5. The average molecular weight is 528 g/mol. The second-order valence-corrected chi connectivity index (χ2v) is 11.9. The number of aliphatic carboxylic acids is 1. The van der Waals surface area contributed by atoms with Crippen LogP contribution >= 0.6 is 11.8 Å². The first-order valence-corrected chi connectivity index (χ1v) is 14.4. The molecule has 0 saturated carbocycles. The second-order valence-electron chi connectivity index (χ2n) is 8.90. The largest absolute Gasteiger partial charge is 0.497 e. The Kier molecular flexibility index (Phi) is 9.98. The number of ether oxygens (including phenoxy) is 1. The summed E-state index contributed by atoms with van der Waals surface area (Å²) in [6, 6.07) is 23.3. The Morgan fingerprint density at radius 2 is 1.56 bits per heavy atom. The molecule has 0 fully saturated rings. The van der Waals surface area contributed by atoms with Gasteiger partial charge in [-0.15, -0.1) is 0 Å². The fourth-order valence-electron chi connectivity index (χ4n) is 3.84. The monoisotopic (exact) mass is 527 g/mol. The number of hydrogen-bond donors (Lipinski definition) is 1. The Bertz CT molecular complexity index is 1210. The Morgan fingerprint density at radius 1 is 0.944 bits per heavy atom. The van der Waals surface area contributed by atoms with E-state index in [-0.39, 0.29) is 23.8 Å². The summed E-state index contributed by atoms with van der Waals surface area (Å²) in [4.78, 5) is 12.3. The highest BCUT2D eigenvalue weighted by atomic mass is 32.2. The lowest BCUT2D eigenvalue weighted by Crippen LogP contribution is -2.47. The van der Waals surface area contributed by atoms with Gasteiger partial charge in [0.05, 0.1) is 12.0 Å². The van der Waals surface area contributed by atoms with E-state index >= 15 is 0 Å². The third-order valence-corrected chi connectivity index (χ3v) is 8.66. The maximum Gasteiger partial charge on any atom is 0.322 e. The quantitative estimate of drug-likeness (QED) is 0.284. The van der Waals surface area contributed by atoms with E-state index in [2.05, 4.69) is 36.4 Å². The van der Waals surface area contributed by atoms with Gasteiger partial charge in [0.25, 0.3) is 0 Å². The first-order chi connectivity index (χ1) is 17.2. The summed E-state index contributed by atoms with van der Waals surface area (Å²) < 4.78 is 33.1. The van der Waals surface area contributed by atoms with Crippen molar-refractivity contribution in [2.45, 2.75) is 37.0 Å². The van der Waals surface area contributed by atoms with Gasteiger partial charge in [0.1, 0.15) is 11.8 Å². The highest BCUT2D eigenvalue weighted by Gasteiger charge is 2.36. The minimum absolute atomic E-state index is 0.0318. The topological polar surface area (TPSA) is 83.9 Å². The van der Waals surface area contributed by atoms with E-state index in [1.807, 2.05) is 32.0 Å². The summed E-state index contributed by atoms with van der Waals surface area (Å²) in [5.41, 5.74) is 3.43. The zero-order valence-electron chi connectivity index (χ0n) is 20.8. The lowest BCUT2D eigenvalue weighted by atomic mass is 10.0. The molecule has 0 saturated heterocycles. The van der Waals surface area contributed by atoms with Crippen LogP contribution in [0.3, 0.4) is 0 Å². The summed E-state index contributed by atoms with van der Waals surface area (Å²) in [6.07, 6.45) is 0.213. The molecule has 0 aliphatic heterocycles. The molecule has 3 aromatic carbocycles. The molecule has 0 aromatic heterocycles. The highest BCUT2D eigenvalue weighted by Crippen LogP contribution is 2.26. The SMILES string of the molecule is COc1ccc(S(=O)(=O)N(CC(C)C)C(CCSCc2ccc(-c3ccccc3)cc2)C(=O)O)cc1. The summed E-state index contributed by atoms with van der Waals surface area (Å²) in [6.45, 7) is 3.88. The van der Waals surface area contributed by atoms with Gasteiger partial charge < -0.3 is 9.84 Å². The Hall–Kier alpha value is -2.81. The molecular weight excluding hydrogens is 494 g/mol. The molecule has 8 heteroatoms. The normalized spacial score (nSPS) is 12.6. The van der Waals surface area contributed by atoms with Crippen molar-refractivity contribution in [1.82, 2.24) is 4.31 Å². The van der Waals surface area contributed by atoms with Gasteiger partial charge in [-0.2, -0.15) is 16.1 Å². The summed E-state index contributed by atoms with van der Waals surface area (Å²) in [5, 5.41) is 9.97. The molecule has 1 atom stereocenters. The number of methoxy groups -OCH3 is 1. The third kappa shape index (κ3) is 7.35. The van der Waals surface area contributed by atoms with Crippen LogP contribution in [-0.2, 0) is 20.6 Å². The molecule has 3 rings (SSSR count). The fraction of sp³-hybridized carbons (Fsp3) is 0.321. The van der Waals surface area contributed by atoms with E-state index in [0.717, 1.165) is 26.7 Å².